The molecule has 0 bridgehead atoms. The molecule has 0 aliphatic rings. The second-order valence-corrected chi connectivity index (χ2v) is 4.32. The average molecular weight is 247 g/mol. The molecule has 0 aliphatic heterocycles. The maximum Gasteiger partial charge on any atom is 0.309 e. The highest BCUT2D eigenvalue weighted by molar-refractivity contribution is 6.19. The van der Waals surface area contributed by atoms with Crippen LogP contribution in [-0.2, 0) is 9.53 Å². The summed E-state index contributed by atoms with van der Waals surface area (Å²) in [5, 5.41) is 0. The summed E-state index contributed by atoms with van der Waals surface area (Å²) in [5.41, 5.74) is 0.717. The van der Waals surface area contributed by atoms with E-state index in [1.165, 1.54) is 25.7 Å². The lowest BCUT2D eigenvalue weighted by Crippen LogP contribution is -2.07. The van der Waals surface area contributed by atoms with E-state index in [9.17, 15) is 4.79 Å². The molecule has 0 unspecified atom stereocenters. The van der Waals surface area contributed by atoms with Crippen LogP contribution in [0.25, 0.3) is 0 Å². The number of halogens is 1. The first-order valence-corrected chi connectivity index (χ1v) is 6.62. The number of carbonyl (C=O) groups excluding carboxylic acids is 1. The highest BCUT2D eigenvalue weighted by Gasteiger charge is 2.04. The smallest absolute Gasteiger partial charge is 0.309 e. The quantitative estimate of drug-likeness (QED) is 0.251. The lowest BCUT2D eigenvalue weighted by Gasteiger charge is -2.05. The van der Waals surface area contributed by atoms with E-state index in [0.717, 1.165) is 18.4 Å². The molecule has 0 atom stereocenters. The fourth-order valence-corrected chi connectivity index (χ4v) is 1.47. The second kappa shape index (κ2) is 11.0. The molecule has 0 fully saturated rings. The minimum atomic E-state index is -0.209. The standard InChI is InChI=1S/C13H23ClO2/c1-3-4-5-6-7-8-9-16-13(15)10-12(2)11-14/h2-11H2,1H3. The maximum absolute atomic E-state index is 11.2. The Morgan fingerprint density at radius 1 is 1.19 bits per heavy atom. The molecule has 0 saturated carbocycles. The molecule has 0 saturated heterocycles. The van der Waals surface area contributed by atoms with Crippen LogP contribution in [0.3, 0.4) is 0 Å². The molecule has 16 heavy (non-hydrogen) atoms. The van der Waals surface area contributed by atoms with Crippen molar-refractivity contribution >= 4 is 17.6 Å². The van der Waals surface area contributed by atoms with Crippen molar-refractivity contribution in [1.29, 1.82) is 0 Å². The lowest BCUT2D eigenvalue weighted by molar-refractivity contribution is -0.142. The molecular weight excluding hydrogens is 224 g/mol. The second-order valence-electron chi connectivity index (χ2n) is 4.05. The van der Waals surface area contributed by atoms with Gasteiger partial charge in [-0.05, 0) is 6.42 Å². The first-order chi connectivity index (χ1) is 7.70. The summed E-state index contributed by atoms with van der Waals surface area (Å²) >= 11 is 5.52. The van der Waals surface area contributed by atoms with Crippen LogP contribution < -0.4 is 0 Å². The van der Waals surface area contributed by atoms with Crippen molar-refractivity contribution in [3.05, 3.63) is 12.2 Å². The number of hydrogen-bond acceptors (Lipinski definition) is 2. The molecule has 0 aromatic heterocycles. The van der Waals surface area contributed by atoms with Gasteiger partial charge in [0.15, 0.2) is 0 Å². The van der Waals surface area contributed by atoms with Crippen molar-refractivity contribution in [3.8, 4) is 0 Å². The van der Waals surface area contributed by atoms with Crippen molar-refractivity contribution in [2.45, 2.75) is 51.9 Å². The molecule has 0 radical (unpaired) electrons. The summed E-state index contributed by atoms with van der Waals surface area (Å²) in [6.45, 7) is 6.39. The average Bonchev–Trinajstić information content (AvgIpc) is 2.27. The molecule has 0 rings (SSSR count). The largest absolute Gasteiger partial charge is 0.465 e. The normalized spacial score (nSPS) is 10.1. The highest BCUT2D eigenvalue weighted by atomic mass is 35.5. The molecular formula is C13H23ClO2. The molecule has 2 nitrogen and oxygen atoms in total. The Kier molecular flexibility index (Phi) is 10.7. The van der Waals surface area contributed by atoms with Crippen LogP contribution in [0.5, 0.6) is 0 Å². The Bertz CT molecular complexity index is 202. The molecule has 0 heterocycles. The predicted octanol–water partition coefficient (Wildman–Crippen LogP) is 4.08. The zero-order valence-corrected chi connectivity index (χ0v) is 11.0. The number of ether oxygens (including phenoxy) is 1. The highest BCUT2D eigenvalue weighted by Crippen LogP contribution is 2.06. The van der Waals surface area contributed by atoms with Crippen LogP contribution in [0.2, 0.25) is 0 Å². The van der Waals surface area contributed by atoms with Gasteiger partial charge in [0.25, 0.3) is 0 Å². The first kappa shape index (κ1) is 15.5. The van der Waals surface area contributed by atoms with E-state index in [4.69, 9.17) is 16.3 Å². The number of esters is 1. The number of unbranched alkanes of at least 4 members (excludes halogenated alkanes) is 5. The van der Waals surface area contributed by atoms with Crippen molar-refractivity contribution in [1.82, 2.24) is 0 Å². The number of hydrogen-bond donors (Lipinski definition) is 0. The summed E-state index contributed by atoms with van der Waals surface area (Å²) in [7, 11) is 0. The first-order valence-electron chi connectivity index (χ1n) is 6.09. The Hall–Kier alpha value is -0.500. The molecule has 0 aromatic carbocycles. The van der Waals surface area contributed by atoms with Crippen molar-refractivity contribution in [2.75, 3.05) is 12.5 Å². The summed E-state index contributed by atoms with van der Waals surface area (Å²) in [6, 6.07) is 0. The fraction of sp³-hybridized carbons (Fsp3) is 0.769. The van der Waals surface area contributed by atoms with Crippen LogP contribution in [0.15, 0.2) is 12.2 Å². The van der Waals surface area contributed by atoms with E-state index in [2.05, 4.69) is 13.5 Å². The number of carbonyl (C=O) groups is 1. The molecule has 0 aliphatic carbocycles. The van der Waals surface area contributed by atoms with Gasteiger partial charge in [-0.1, -0.05) is 51.2 Å². The molecule has 0 N–H and O–H groups in total. The third-order valence-corrected chi connectivity index (χ3v) is 2.72. The van der Waals surface area contributed by atoms with Gasteiger partial charge in [-0.2, -0.15) is 0 Å². The third-order valence-electron chi connectivity index (χ3n) is 2.34. The van der Waals surface area contributed by atoms with Gasteiger partial charge in [-0.15, -0.1) is 11.6 Å². The van der Waals surface area contributed by atoms with Gasteiger partial charge in [0.2, 0.25) is 0 Å². The Morgan fingerprint density at radius 3 is 2.44 bits per heavy atom. The lowest BCUT2D eigenvalue weighted by atomic mass is 10.1. The number of rotatable bonds is 10. The molecule has 0 spiro atoms. The van der Waals surface area contributed by atoms with Crippen molar-refractivity contribution in [3.63, 3.8) is 0 Å². The molecule has 0 amide bonds. The van der Waals surface area contributed by atoms with E-state index < -0.39 is 0 Å². The zero-order chi connectivity index (χ0) is 12.2. The predicted molar refractivity (Wildman–Crippen MR) is 68.8 cm³/mol. The van der Waals surface area contributed by atoms with Gasteiger partial charge in [0.05, 0.1) is 13.0 Å². The topological polar surface area (TPSA) is 26.3 Å². The van der Waals surface area contributed by atoms with Gasteiger partial charge in [0, 0.05) is 5.88 Å². The summed E-state index contributed by atoms with van der Waals surface area (Å²) < 4.78 is 5.06. The SMILES string of the molecule is C=C(CCl)CC(=O)OCCCCCCCC. The zero-order valence-electron chi connectivity index (χ0n) is 10.3. The van der Waals surface area contributed by atoms with Crippen LogP contribution in [0.4, 0.5) is 0 Å². The Morgan fingerprint density at radius 2 is 1.81 bits per heavy atom. The van der Waals surface area contributed by atoms with Gasteiger partial charge < -0.3 is 4.74 Å². The van der Waals surface area contributed by atoms with Crippen molar-refractivity contribution in [2.24, 2.45) is 0 Å². The Balaban J connectivity index is 3.24. The van der Waals surface area contributed by atoms with Gasteiger partial charge >= 0.3 is 5.97 Å². The molecule has 3 heteroatoms. The summed E-state index contributed by atoms with van der Waals surface area (Å²) in [4.78, 5) is 11.2. The van der Waals surface area contributed by atoms with Gasteiger partial charge in [-0.3, -0.25) is 4.79 Å². The van der Waals surface area contributed by atoms with E-state index >= 15 is 0 Å². The van der Waals surface area contributed by atoms with E-state index in [1.807, 2.05) is 0 Å². The summed E-state index contributed by atoms with van der Waals surface area (Å²) in [5.74, 6) is 0.116. The van der Waals surface area contributed by atoms with Gasteiger partial charge in [0.1, 0.15) is 0 Å². The van der Waals surface area contributed by atoms with E-state index in [-0.39, 0.29) is 12.4 Å². The van der Waals surface area contributed by atoms with Gasteiger partial charge in [-0.25, -0.2) is 0 Å². The van der Waals surface area contributed by atoms with E-state index in [0.29, 0.717) is 12.5 Å². The summed E-state index contributed by atoms with van der Waals surface area (Å²) in [6.07, 6.45) is 7.43. The minimum absolute atomic E-state index is 0.209. The minimum Gasteiger partial charge on any atom is -0.465 e. The maximum atomic E-state index is 11.2. The Labute approximate surface area is 104 Å². The molecule has 94 valence electrons. The van der Waals surface area contributed by atoms with E-state index in [1.54, 1.807) is 0 Å². The van der Waals surface area contributed by atoms with Crippen molar-refractivity contribution < 1.29 is 9.53 Å². The monoisotopic (exact) mass is 246 g/mol. The van der Waals surface area contributed by atoms with Crippen LogP contribution in [-0.4, -0.2) is 18.5 Å². The number of alkyl halides is 1. The fourth-order valence-electron chi connectivity index (χ4n) is 1.37. The molecule has 0 aromatic rings. The van der Waals surface area contributed by atoms with Crippen LogP contribution >= 0.6 is 11.6 Å². The third kappa shape index (κ3) is 10.0. The van der Waals surface area contributed by atoms with Crippen LogP contribution in [0.1, 0.15) is 51.9 Å². The van der Waals surface area contributed by atoms with Crippen LogP contribution in [0, 0.1) is 0 Å².